The summed E-state index contributed by atoms with van der Waals surface area (Å²) in [5.41, 5.74) is 0. The van der Waals surface area contributed by atoms with Gasteiger partial charge in [-0.2, -0.15) is 0 Å². The number of nitrogens with zero attached hydrogens (tertiary/aromatic N) is 1. The van der Waals surface area contributed by atoms with E-state index in [0.29, 0.717) is 13.0 Å². The predicted octanol–water partition coefficient (Wildman–Crippen LogP) is 0.735. The summed E-state index contributed by atoms with van der Waals surface area (Å²) in [4.78, 5) is 24.0. The van der Waals surface area contributed by atoms with E-state index >= 15 is 0 Å². The van der Waals surface area contributed by atoms with Crippen LogP contribution < -0.4 is 0 Å². The molecule has 0 aromatic carbocycles. The Morgan fingerprint density at radius 2 is 2.25 bits per heavy atom. The topological polar surface area (TPSA) is 66.8 Å². The van der Waals surface area contributed by atoms with Crippen molar-refractivity contribution in [3.05, 3.63) is 0 Å². The lowest BCUT2D eigenvalue weighted by Gasteiger charge is -2.25. The second-order valence-corrected chi connectivity index (χ2v) is 4.31. The van der Waals surface area contributed by atoms with Gasteiger partial charge in [0.2, 0.25) is 0 Å². The Bertz CT molecular complexity index is 267. The smallest absolute Gasteiger partial charge is 0.307 e. The van der Waals surface area contributed by atoms with Crippen LogP contribution in [-0.4, -0.2) is 48.2 Å². The highest BCUT2D eigenvalue weighted by Crippen LogP contribution is 2.21. The maximum absolute atomic E-state index is 11.2. The van der Waals surface area contributed by atoms with E-state index < -0.39 is 11.9 Å². The van der Waals surface area contributed by atoms with Gasteiger partial charge in [-0.25, -0.2) is 0 Å². The molecule has 5 heteroatoms. The van der Waals surface area contributed by atoms with Crippen LogP contribution in [-0.2, 0) is 14.3 Å². The van der Waals surface area contributed by atoms with Gasteiger partial charge in [0.25, 0.3) is 0 Å². The van der Waals surface area contributed by atoms with Crippen molar-refractivity contribution in [1.29, 1.82) is 0 Å². The molecule has 16 heavy (non-hydrogen) atoms. The fourth-order valence-electron chi connectivity index (χ4n) is 2.07. The van der Waals surface area contributed by atoms with Gasteiger partial charge in [-0.05, 0) is 19.4 Å². The van der Waals surface area contributed by atoms with Crippen molar-refractivity contribution < 1.29 is 19.4 Å². The molecule has 0 saturated carbocycles. The number of aliphatic carboxylic acids is 1. The van der Waals surface area contributed by atoms with Crippen LogP contribution in [0.25, 0.3) is 0 Å². The maximum Gasteiger partial charge on any atom is 0.307 e. The summed E-state index contributed by atoms with van der Waals surface area (Å²) in [6, 6.07) is 0.147. The van der Waals surface area contributed by atoms with Gasteiger partial charge < -0.3 is 9.84 Å². The van der Waals surface area contributed by atoms with Crippen LogP contribution in [0.1, 0.15) is 26.2 Å². The number of carboxylic acids is 1. The lowest BCUT2D eigenvalue weighted by molar-refractivity contribution is -0.142. The van der Waals surface area contributed by atoms with Crippen LogP contribution in [0.15, 0.2) is 0 Å². The van der Waals surface area contributed by atoms with Gasteiger partial charge in [0.15, 0.2) is 0 Å². The summed E-state index contributed by atoms with van der Waals surface area (Å²) in [7, 11) is 1.38. The zero-order valence-electron chi connectivity index (χ0n) is 9.81. The van der Waals surface area contributed by atoms with E-state index in [0.717, 1.165) is 19.4 Å². The van der Waals surface area contributed by atoms with Crippen molar-refractivity contribution in [2.24, 2.45) is 5.92 Å². The maximum atomic E-state index is 11.2. The Kier molecular flexibility index (Phi) is 4.73. The Morgan fingerprint density at radius 3 is 2.81 bits per heavy atom. The number of ether oxygens (including phenoxy) is 1. The molecule has 1 aliphatic heterocycles. The van der Waals surface area contributed by atoms with Crippen LogP contribution in [0.5, 0.6) is 0 Å². The van der Waals surface area contributed by atoms with Crippen LogP contribution in [0.3, 0.4) is 0 Å². The molecular formula is C11H19NO4. The highest BCUT2D eigenvalue weighted by Gasteiger charge is 2.29. The average Bonchev–Trinajstić information content (AvgIpc) is 2.65. The van der Waals surface area contributed by atoms with Crippen LogP contribution in [0.2, 0.25) is 0 Å². The number of methoxy groups -OCH3 is 1. The molecule has 0 bridgehead atoms. The molecule has 1 unspecified atom stereocenters. The van der Waals surface area contributed by atoms with Gasteiger partial charge in [0, 0.05) is 12.6 Å². The monoisotopic (exact) mass is 229 g/mol. The van der Waals surface area contributed by atoms with Gasteiger partial charge in [0.05, 0.1) is 19.4 Å². The van der Waals surface area contributed by atoms with Crippen molar-refractivity contribution >= 4 is 11.9 Å². The number of hydrogen-bond acceptors (Lipinski definition) is 4. The molecule has 1 N–H and O–H groups in total. The Hall–Kier alpha value is -1.10. The first kappa shape index (κ1) is 13.0. The molecule has 0 radical (unpaired) electrons. The number of likely N-dealkylation sites (tertiary alicyclic amines) is 1. The van der Waals surface area contributed by atoms with Crippen LogP contribution in [0.4, 0.5) is 0 Å². The lowest BCUT2D eigenvalue weighted by Crippen LogP contribution is -2.37. The zero-order chi connectivity index (χ0) is 12.1. The van der Waals surface area contributed by atoms with Gasteiger partial charge in [-0.1, -0.05) is 6.92 Å². The standard InChI is InChI=1S/C11H19NO4/c1-8(11(14)15)7-12-5-3-4-9(12)6-10(13)16-2/h8-9H,3-7H2,1-2H3,(H,14,15)/t8-,9?/m0/s1. The number of esters is 1. The first-order valence-electron chi connectivity index (χ1n) is 5.58. The summed E-state index contributed by atoms with van der Waals surface area (Å²) < 4.78 is 4.63. The number of rotatable bonds is 5. The van der Waals surface area contributed by atoms with Gasteiger partial charge in [0.1, 0.15) is 0 Å². The molecular weight excluding hydrogens is 210 g/mol. The van der Waals surface area contributed by atoms with Crippen molar-refractivity contribution in [3.8, 4) is 0 Å². The second-order valence-electron chi connectivity index (χ2n) is 4.31. The number of carboxylic acid groups (broad SMARTS) is 1. The molecule has 1 heterocycles. The summed E-state index contributed by atoms with van der Waals surface area (Å²) in [6.45, 7) is 3.08. The fourth-order valence-corrected chi connectivity index (χ4v) is 2.07. The van der Waals surface area contributed by atoms with Crippen molar-refractivity contribution in [3.63, 3.8) is 0 Å². The number of carbonyl (C=O) groups excluding carboxylic acids is 1. The van der Waals surface area contributed by atoms with E-state index in [9.17, 15) is 9.59 Å². The van der Waals surface area contributed by atoms with E-state index in [1.165, 1.54) is 7.11 Å². The van der Waals surface area contributed by atoms with Crippen molar-refractivity contribution in [2.45, 2.75) is 32.2 Å². The minimum absolute atomic E-state index is 0.147. The van der Waals surface area contributed by atoms with Crippen molar-refractivity contribution in [2.75, 3.05) is 20.2 Å². The third-order valence-corrected chi connectivity index (χ3v) is 3.06. The normalized spacial score (nSPS) is 23.0. The number of carbonyl (C=O) groups is 2. The van der Waals surface area contributed by atoms with Gasteiger partial charge in [-0.3, -0.25) is 14.5 Å². The minimum Gasteiger partial charge on any atom is -0.481 e. The largest absolute Gasteiger partial charge is 0.481 e. The first-order chi connectivity index (χ1) is 7.54. The Balaban J connectivity index is 2.46. The van der Waals surface area contributed by atoms with Gasteiger partial charge >= 0.3 is 11.9 Å². The molecule has 0 spiro atoms. The summed E-state index contributed by atoms with van der Waals surface area (Å²) in [6.07, 6.45) is 2.33. The second kappa shape index (κ2) is 5.84. The molecule has 5 nitrogen and oxygen atoms in total. The highest BCUT2D eigenvalue weighted by molar-refractivity contribution is 5.70. The van der Waals surface area contributed by atoms with Crippen LogP contribution >= 0.6 is 0 Å². The summed E-state index contributed by atoms with van der Waals surface area (Å²) >= 11 is 0. The Labute approximate surface area is 95.4 Å². The molecule has 1 saturated heterocycles. The SMILES string of the molecule is COC(=O)CC1CCCN1C[C@H](C)C(=O)O. The van der Waals surface area contributed by atoms with Crippen LogP contribution in [0, 0.1) is 5.92 Å². The molecule has 92 valence electrons. The summed E-state index contributed by atoms with van der Waals surface area (Å²) in [5, 5.41) is 8.84. The van der Waals surface area contributed by atoms with E-state index in [-0.39, 0.29) is 12.0 Å². The molecule has 0 aromatic heterocycles. The molecule has 0 aliphatic carbocycles. The first-order valence-corrected chi connectivity index (χ1v) is 5.58. The minimum atomic E-state index is -0.788. The number of hydrogen-bond donors (Lipinski definition) is 1. The molecule has 1 fully saturated rings. The predicted molar refractivity (Wildman–Crippen MR) is 58.0 cm³/mol. The fraction of sp³-hybridized carbons (Fsp3) is 0.818. The lowest BCUT2D eigenvalue weighted by atomic mass is 10.1. The van der Waals surface area contributed by atoms with Gasteiger partial charge in [-0.15, -0.1) is 0 Å². The quantitative estimate of drug-likeness (QED) is 0.704. The third-order valence-electron chi connectivity index (χ3n) is 3.06. The van der Waals surface area contributed by atoms with E-state index in [4.69, 9.17) is 5.11 Å². The summed E-state index contributed by atoms with van der Waals surface area (Å²) in [5.74, 6) is -1.40. The van der Waals surface area contributed by atoms with E-state index in [2.05, 4.69) is 9.64 Å². The molecule has 0 amide bonds. The average molecular weight is 229 g/mol. The van der Waals surface area contributed by atoms with E-state index in [1.807, 2.05) is 0 Å². The molecule has 1 rings (SSSR count). The Morgan fingerprint density at radius 1 is 1.56 bits per heavy atom. The highest BCUT2D eigenvalue weighted by atomic mass is 16.5. The molecule has 0 aromatic rings. The molecule has 1 aliphatic rings. The zero-order valence-corrected chi connectivity index (χ0v) is 9.81. The third kappa shape index (κ3) is 3.48. The van der Waals surface area contributed by atoms with E-state index in [1.54, 1.807) is 6.92 Å². The van der Waals surface area contributed by atoms with Crippen molar-refractivity contribution in [1.82, 2.24) is 4.90 Å². The molecule has 2 atom stereocenters.